The average Bonchev–Trinajstić information content (AvgIpc) is 2.58. The zero-order chi connectivity index (χ0) is 9.10. The van der Waals surface area contributed by atoms with Gasteiger partial charge in [-0.2, -0.15) is 0 Å². The molecule has 1 heterocycles. The molecule has 1 aromatic carbocycles. The highest BCUT2D eigenvalue weighted by atomic mass is 16.5. The van der Waals surface area contributed by atoms with Crippen LogP contribution in [0.25, 0.3) is 10.9 Å². The van der Waals surface area contributed by atoms with Gasteiger partial charge in [-0.05, 0) is 12.1 Å². The fourth-order valence-corrected chi connectivity index (χ4v) is 1.16. The van der Waals surface area contributed by atoms with E-state index in [2.05, 4.69) is 16.1 Å². The lowest BCUT2D eigenvalue weighted by Crippen LogP contribution is -1.93. The first-order valence-corrected chi connectivity index (χ1v) is 3.91. The van der Waals surface area contributed by atoms with Crippen molar-refractivity contribution in [2.45, 2.75) is 0 Å². The molecule has 1 aromatic heterocycles. The number of benzene rings is 1. The molecule has 2 rings (SSSR count). The highest BCUT2D eigenvalue weighted by molar-refractivity contribution is 5.83. The number of nitrogens with zero attached hydrogens (tertiary/aromatic N) is 1. The summed E-state index contributed by atoms with van der Waals surface area (Å²) >= 11 is 0. The van der Waals surface area contributed by atoms with Gasteiger partial charge in [0, 0.05) is 0 Å². The van der Waals surface area contributed by atoms with E-state index in [1.54, 1.807) is 0 Å². The van der Waals surface area contributed by atoms with Crippen LogP contribution in [-0.2, 0) is 0 Å². The molecule has 0 bridgehead atoms. The Morgan fingerprint density at radius 1 is 1.46 bits per heavy atom. The number of nitrogens with one attached hydrogen (secondary N) is 1. The molecule has 0 amide bonds. The maximum absolute atomic E-state index is 5.23. The molecule has 0 saturated heterocycles. The molecule has 0 aliphatic rings. The highest BCUT2D eigenvalue weighted by Crippen LogP contribution is 2.21. The maximum atomic E-state index is 5.23. The van der Waals surface area contributed by atoms with Crippen LogP contribution >= 0.6 is 0 Å². The third-order valence-electron chi connectivity index (χ3n) is 1.73. The fourth-order valence-electron chi connectivity index (χ4n) is 1.16. The number of aromatic nitrogens is 2. The van der Waals surface area contributed by atoms with E-state index in [1.807, 2.05) is 24.3 Å². The minimum atomic E-state index is 0.245. The summed E-state index contributed by atoms with van der Waals surface area (Å²) in [5, 5.41) is 7.80. The second-order valence-corrected chi connectivity index (χ2v) is 2.57. The Morgan fingerprint density at radius 2 is 2.31 bits per heavy atom. The van der Waals surface area contributed by atoms with Crippen LogP contribution < -0.4 is 4.74 Å². The van der Waals surface area contributed by atoms with Crippen molar-refractivity contribution in [2.75, 3.05) is 6.61 Å². The van der Waals surface area contributed by atoms with Crippen molar-refractivity contribution in [3.8, 4) is 18.2 Å². The number of hydrogen-bond donors (Lipinski definition) is 1. The van der Waals surface area contributed by atoms with E-state index in [0.717, 1.165) is 10.9 Å². The van der Waals surface area contributed by atoms with Gasteiger partial charge in [0.15, 0.2) is 6.61 Å². The quantitative estimate of drug-likeness (QED) is 0.698. The summed E-state index contributed by atoms with van der Waals surface area (Å²) in [6, 6.07) is 7.74. The van der Waals surface area contributed by atoms with Crippen LogP contribution in [-0.4, -0.2) is 16.8 Å². The molecule has 0 unspecified atom stereocenters. The summed E-state index contributed by atoms with van der Waals surface area (Å²) < 4.78 is 5.23. The molecule has 0 spiro atoms. The first-order valence-electron chi connectivity index (χ1n) is 3.91. The molecular weight excluding hydrogens is 164 g/mol. The fraction of sp³-hybridized carbons (Fsp3) is 0.100. The van der Waals surface area contributed by atoms with Gasteiger partial charge < -0.3 is 4.74 Å². The number of hydrogen-bond acceptors (Lipinski definition) is 2. The lowest BCUT2D eigenvalue weighted by Gasteiger charge is -1.95. The predicted molar refractivity (Wildman–Crippen MR) is 50.4 cm³/mol. The number of aromatic amines is 1. The van der Waals surface area contributed by atoms with Gasteiger partial charge in [-0.15, -0.1) is 11.5 Å². The summed E-state index contributed by atoms with van der Waals surface area (Å²) in [5.41, 5.74) is 0.953. The largest absolute Gasteiger partial charge is 0.463 e. The summed E-state index contributed by atoms with van der Waals surface area (Å²) in [7, 11) is 0. The number of para-hydroxylation sites is 1. The second kappa shape index (κ2) is 3.20. The van der Waals surface area contributed by atoms with E-state index in [1.165, 1.54) is 0 Å². The normalized spacial score (nSPS) is 9.77. The van der Waals surface area contributed by atoms with Crippen molar-refractivity contribution in [3.05, 3.63) is 24.3 Å². The monoisotopic (exact) mass is 172 g/mol. The van der Waals surface area contributed by atoms with Crippen LogP contribution in [0.5, 0.6) is 5.88 Å². The molecule has 2 aromatic rings. The highest BCUT2D eigenvalue weighted by Gasteiger charge is 2.03. The van der Waals surface area contributed by atoms with Crippen molar-refractivity contribution in [3.63, 3.8) is 0 Å². The van der Waals surface area contributed by atoms with Crippen molar-refractivity contribution in [1.82, 2.24) is 10.2 Å². The zero-order valence-corrected chi connectivity index (χ0v) is 6.95. The van der Waals surface area contributed by atoms with Gasteiger partial charge in [-0.1, -0.05) is 18.1 Å². The maximum Gasteiger partial charge on any atom is 0.241 e. The van der Waals surface area contributed by atoms with E-state index in [0.29, 0.717) is 5.88 Å². The number of ether oxygens (including phenoxy) is 1. The number of H-pyrrole nitrogens is 1. The third-order valence-corrected chi connectivity index (χ3v) is 1.73. The van der Waals surface area contributed by atoms with Crippen molar-refractivity contribution >= 4 is 10.9 Å². The Hall–Kier alpha value is -1.95. The minimum absolute atomic E-state index is 0.245. The Kier molecular flexibility index (Phi) is 1.89. The molecule has 0 fully saturated rings. The van der Waals surface area contributed by atoms with Crippen LogP contribution in [0.3, 0.4) is 0 Å². The predicted octanol–water partition coefficient (Wildman–Crippen LogP) is 1.57. The van der Waals surface area contributed by atoms with Gasteiger partial charge in [0.2, 0.25) is 5.88 Å². The first kappa shape index (κ1) is 7.69. The standard InChI is InChI=1S/C10H8N2O/c1-2-7-13-10-8-5-3-4-6-9(8)11-12-10/h1,3-6H,7H2,(H,11,12). The molecule has 0 radical (unpaired) electrons. The van der Waals surface area contributed by atoms with Gasteiger partial charge in [0.25, 0.3) is 0 Å². The Balaban J connectivity index is 2.41. The van der Waals surface area contributed by atoms with Gasteiger partial charge in [-0.3, -0.25) is 5.10 Å². The second-order valence-electron chi connectivity index (χ2n) is 2.57. The average molecular weight is 172 g/mol. The topological polar surface area (TPSA) is 37.9 Å². The SMILES string of the molecule is C#CCOc1n[nH]c2ccccc12. The van der Waals surface area contributed by atoms with Gasteiger partial charge >= 0.3 is 0 Å². The zero-order valence-electron chi connectivity index (χ0n) is 6.95. The molecule has 0 aliphatic heterocycles. The van der Waals surface area contributed by atoms with Gasteiger partial charge in [0.05, 0.1) is 10.9 Å². The van der Waals surface area contributed by atoms with Crippen LogP contribution in [0.1, 0.15) is 0 Å². The lowest BCUT2D eigenvalue weighted by molar-refractivity contribution is 0.359. The van der Waals surface area contributed by atoms with Crippen LogP contribution in [0, 0.1) is 12.3 Å². The molecular formula is C10H8N2O. The summed E-state index contributed by atoms with van der Waals surface area (Å²) in [6.07, 6.45) is 5.08. The summed E-state index contributed by atoms with van der Waals surface area (Å²) in [5.74, 6) is 2.96. The third kappa shape index (κ3) is 1.34. The van der Waals surface area contributed by atoms with Crippen molar-refractivity contribution in [2.24, 2.45) is 0 Å². The van der Waals surface area contributed by atoms with E-state index in [9.17, 15) is 0 Å². The Bertz CT molecular complexity index is 453. The number of rotatable bonds is 2. The van der Waals surface area contributed by atoms with Crippen LogP contribution in [0.2, 0.25) is 0 Å². The van der Waals surface area contributed by atoms with Crippen molar-refractivity contribution in [1.29, 1.82) is 0 Å². The van der Waals surface area contributed by atoms with E-state index in [-0.39, 0.29) is 6.61 Å². The number of fused-ring (bicyclic) bond motifs is 1. The van der Waals surface area contributed by atoms with E-state index in [4.69, 9.17) is 11.2 Å². The van der Waals surface area contributed by atoms with Crippen LogP contribution in [0.4, 0.5) is 0 Å². The Labute approximate surface area is 75.7 Å². The molecule has 0 atom stereocenters. The molecule has 1 N–H and O–H groups in total. The Morgan fingerprint density at radius 3 is 3.15 bits per heavy atom. The van der Waals surface area contributed by atoms with E-state index < -0.39 is 0 Å². The van der Waals surface area contributed by atoms with Crippen LogP contribution in [0.15, 0.2) is 24.3 Å². The molecule has 64 valence electrons. The molecule has 3 heteroatoms. The summed E-state index contributed by atoms with van der Waals surface area (Å²) in [6.45, 7) is 0.245. The summed E-state index contributed by atoms with van der Waals surface area (Å²) in [4.78, 5) is 0. The van der Waals surface area contributed by atoms with Crippen molar-refractivity contribution < 1.29 is 4.74 Å². The van der Waals surface area contributed by atoms with E-state index >= 15 is 0 Å². The molecule has 13 heavy (non-hydrogen) atoms. The minimum Gasteiger partial charge on any atom is -0.463 e. The molecule has 3 nitrogen and oxygen atoms in total. The first-order chi connectivity index (χ1) is 6.42. The molecule has 0 aliphatic carbocycles. The van der Waals surface area contributed by atoms with Gasteiger partial charge in [-0.25, -0.2) is 0 Å². The number of terminal acetylenes is 1. The molecule has 0 saturated carbocycles. The lowest BCUT2D eigenvalue weighted by atomic mass is 10.2. The van der Waals surface area contributed by atoms with Gasteiger partial charge in [0.1, 0.15) is 0 Å². The smallest absolute Gasteiger partial charge is 0.241 e.